The maximum Gasteiger partial charge on any atom is 0.271 e. The van der Waals surface area contributed by atoms with E-state index in [0.29, 0.717) is 29.0 Å². The average Bonchev–Trinajstić information content (AvgIpc) is 3.65. The van der Waals surface area contributed by atoms with Gasteiger partial charge < -0.3 is 10.1 Å². The Kier molecular flexibility index (Phi) is 6.66. The van der Waals surface area contributed by atoms with Gasteiger partial charge in [0.05, 0.1) is 12.0 Å². The number of halogens is 2. The molecular formula is C25H21F2N7O3S2. The van der Waals surface area contributed by atoms with E-state index in [0.717, 1.165) is 42.7 Å². The molecule has 2 N–H and O–H groups in total. The number of benzene rings is 1. The summed E-state index contributed by atoms with van der Waals surface area (Å²) in [6, 6.07) is 8.28. The molecule has 0 amide bonds. The van der Waals surface area contributed by atoms with Crippen molar-refractivity contribution in [3.8, 4) is 11.3 Å². The van der Waals surface area contributed by atoms with Crippen molar-refractivity contribution < 1.29 is 21.9 Å². The van der Waals surface area contributed by atoms with Crippen LogP contribution in [0, 0.1) is 11.6 Å². The van der Waals surface area contributed by atoms with Crippen LogP contribution in [0.15, 0.2) is 64.8 Å². The second-order valence-electron chi connectivity index (χ2n) is 8.71. The summed E-state index contributed by atoms with van der Waals surface area (Å²) in [7, 11) is -4.05. The predicted molar refractivity (Wildman–Crippen MR) is 142 cm³/mol. The Morgan fingerprint density at radius 2 is 1.95 bits per heavy atom. The van der Waals surface area contributed by atoms with E-state index >= 15 is 4.39 Å². The van der Waals surface area contributed by atoms with Crippen LogP contribution in [0.4, 0.5) is 26.0 Å². The monoisotopic (exact) mass is 569 g/mol. The summed E-state index contributed by atoms with van der Waals surface area (Å²) in [6.07, 6.45) is 7.15. The zero-order chi connectivity index (χ0) is 27.0. The number of aromatic nitrogens is 5. The molecule has 0 radical (unpaired) electrons. The number of fused-ring (bicyclic) bond motifs is 1. The van der Waals surface area contributed by atoms with Crippen LogP contribution in [0.2, 0.25) is 0 Å². The molecule has 0 bridgehead atoms. The highest BCUT2D eigenvalue weighted by atomic mass is 32.2. The molecule has 0 saturated carbocycles. The van der Waals surface area contributed by atoms with Crippen LogP contribution in [0.3, 0.4) is 0 Å². The first kappa shape index (κ1) is 25.3. The number of ether oxygens (including phenoxy) is 1. The van der Waals surface area contributed by atoms with E-state index < -0.39 is 33.0 Å². The minimum absolute atomic E-state index is 0.00131. The zero-order valence-electron chi connectivity index (χ0n) is 20.2. The lowest BCUT2D eigenvalue weighted by molar-refractivity contribution is -0.0298. The van der Waals surface area contributed by atoms with Crippen LogP contribution >= 0.6 is 11.3 Å². The molecule has 0 aliphatic carbocycles. The van der Waals surface area contributed by atoms with Gasteiger partial charge in [0, 0.05) is 18.4 Å². The summed E-state index contributed by atoms with van der Waals surface area (Å²) in [6.45, 7) is 0.651. The lowest BCUT2D eigenvalue weighted by Crippen LogP contribution is -2.17. The van der Waals surface area contributed by atoms with Gasteiger partial charge in [0.15, 0.2) is 11.5 Å². The van der Waals surface area contributed by atoms with Crippen LogP contribution < -0.4 is 10.0 Å². The standard InChI is InChI=1S/C25H21F2N7O3S2/c26-16-8-9-17(33-39(35,36)19-7-4-12-38-19)20(27)22(16)32-24-15(5-3-10-28-24)21-23-25(30-13-29-21)34(14-31-23)18-6-1-2-11-37-18/h3-5,7-10,12-14,18,33H,1-2,6,11H2,(H,28,32). The molecule has 1 aromatic carbocycles. The molecule has 1 unspecified atom stereocenters. The smallest absolute Gasteiger partial charge is 0.271 e. The van der Waals surface area contributed by atoms with Crippen molar-refractivity contribution in [2.24, 2.45) is 0 Å². The van der Waals surface area contributed by atoms with E-state index in [1.807, 2.05) is 4.57 Å². The SMILES string of the molecule is O=S(=O)(Nc1ccc(F)c(Nc2ncccc2-c2ncnc3c2ncn3C2CCCCO2)c1F)c1cccs1. The number of nitrogens with zero attached hydrogens (tertiary/aromatic N) is 5. The molecule has 4 aromatic heterocycles. The van der Waals surface area contributed by atoms with Gasteiger partial charge in [0.1, 0.15) is 45.3 Å². The largest absolute Gasteiger partial charge is 0.358 e. The molecule has 0 spiro atoms. The van der Waals surface area contributed by atoms with Crippen molar-refractivity contribution in [1.82, 2.24) is 24.5 Å². The van der Waals surface area contributed by atoms with E-state index in [2.05, 4.69) is 30.0 Å². The highest BCUT2D eigenvalue weighted by Gasteiger charge is 2.24. The first-order valence-corrected chi connectivity index (χ1v) is 14.3. The van der Waals surface area contributed by atoms with Gasteiger partial charge in [-0.2, -0.15) is 0 Å². The lowest BCUT2D eigenvalue weighted by Gasteiger charge is -2.23. The highest BCUT2D eigenvalue weighted by Crippen LogP contribution is 2.35. The molecule has 200 valence electrons. The minimum atomic E-state index is -4.05. The van der Waals surface area contributed by atoms with Gasteiger partial charge in [-0.25, -0.2) is 37.1 Å². The summed E-state index contributed by atoms with van der Waals surface area (Å²) in [5.74, 6) is -1.97. The van der Waals surface area contributed by atoms with Crippen molar-refractivity contribution in [2.45, 2.75) is 29.7 Å². The number of nitrogens with one attached hydrogen (secondary N) is 2. The third-order valence-corrected chi connectivity index (χ3v) is 8.99. The van der Waals surface area contributed by atoms with Gasteiger partial charge in [0.25, 0.3) is 10.0 Å². The predicted octanol–water partition coefficient (Wildman–Crippen LogP) is 5.47. The summed E-state index contributed by atoms with van der Waals surface area (Å²) in [4.78, 5) is 17.6. The Morgan fingerprint density at radius 1 is 1.05 bits per heavy atom. The average molecular weight is 570 g/mol. The Hall–Kier alpha value is -4.01. The molecule has 1 aliphatic rings. The van der Waals surface area contributed by atoms with Gasteiger partial charge in [-0.15, -0.1) is 11.3 Å². The van der Waals surface area contributed by atoms with Crippen LogP contribution in [0.25, 0.3) is 22.4 Å². The van der Waals surface area contributed by atoms with E-state index in [1.54, 1.807) is 29.9 Å². The fraction of sp³-hybridized carbons (Fsp3) is 0.200. The molecule has 10 nitrogen and oxygen atoms in total. The van der Waals surface area contributed by atoms with Crippen molar-refractivity contribution >= 4 is 49.7 Å². The normalized spacial score (nSPS) is 15.9. The van der Waals surface area contributed by atoms with E-state index in [9.17, 15) is 12.8 Å². The van der Waals surface area contributed by atoms with Gasteiger partial charge in [-0.05, 0) is 55.0 Å². The molecule has 39 heavy (non-hydrogen) atoms. The number of anilines is 3. The Bertz CT molecular complexity index is 1760. The Balaban J connectivity index is 1.37. The molecule has 5 heterocycles. The zero-order valence-corrected chi connectivity index (χ0v) is 21.8. The van der Waals surface area contributed by atoms with Gasteiger partial charge in [0.2, 0.25) is 0 Å². The van der Waals surface area contributed by atoms with Crippen LogP contribution in [0.5, 0.6) is 0 Å². The van der Waals surface area contributed by atoms with Crippen LogP contribution in [-0.2, 0) is 14.8 Å². The molecule has 14 heteroatoms. The topological polar surface area (TPSA) is 124 Å². The minimum Gasteiger partial charge on any atom is -0.358 e. The van der Waals surface area contributed by atoms with E-state index in [4.69, 9.17) is 4.74 Å². The fourth-order valence-electron chi connectivity index (χ4n) is 4.37. The van der Waals surface area contributed by atoms with E-state index in [1.165, 1.54) is 18.6 Å². The first-order valence-electron chi connectivity index (χ1n) is 12.0. The number of imidazole rings is 1. The molecule has 6 rings (SSSR count). The van der Waals surface area contributed by atoms with Crippen molar-refractivity contribution in [2.75, 3.05) is 16.6 Å². The number of hydrogen-bond acceptors (Lipinski definition) is 9. The van der Waals surface area contributed by atoms with Crippen molar-refractivity contribution in [3.05, 3.63) is 72.3 Å². The highest BCUT2D eigenvalue weighted by molar-refractivity contribution is 7.94. The van der Waals surface area contributed by atoms with Gasteiger partial charge >= 0.3 is 0 Å². The van der Waals surface area contributed by atoms with Gasteiger partial charge in [-0.1, -0.05) is 6.07 Å². The third-order valence-electron chi connectivity index (χ3n) is 6.23. The maximum atomic E-state index is 15.5. The third kappa shape index (κ3) is 4.82. The molecule has 1 aliphatic heterocycles. The molecular weight excluding hydrogens is 548 g/mol. The molecule has 1 atom stereocenters. The van der Waals surface area contributed by atoms with Gasteiger partial charge in [-0.3, -0.25) is 9.29 Å². The Morgan fingerprint density at radius 3 is 2.74 bits per heavy atom. The Labute approximate surface area is 225 Å². The maximum absolute atomic E-state index is 15.5. The summed E-state index contributed by atoms with van der Waals surface area (Å²) in [5.41, 5.74) is 0.863. The number of hydrogen-bond donors (Lipinski definition) is 2. The molecule has 1 fully saturated rings. The lowest BCUT2D eigenvalue weighted by atomic mass is 10.1. The number of pyridine rings is 1. The van der Waals surface area contributed by atoms with Crippen LogP contribution in [-0.4, -0.2) is 39.5 Å². The van der Waals surface area contributed by atoms with Crippen molar-refractivity contribution in [3.63, 3.8) is 0 Å². The number of rotatable bonds is 7. The van der Waals surface area contributed by atoms with Crippen molar-refractivity contribution in [1.29, 1.82) is 0 Å². The fourth-order valence-corrected chi connectivity index (χ4v) is 6.43. The number of thiophene rings is 1. The summed E-state index contributed by atoms with van der Waals surface area (Å²) >= 11 is 0.976. The van der Waals surface area contributed by atoms with E-state index in [-0.39, 0.29) is 16.3 Å². The summed E-state index contributed by atoms with van der Waals surface area (Å²) < 4.78 is 65.5. The number of sulfonamides is 1. The second kappa shape index (κ2) is 10.3. The molecule has 5 aromatic rings. The molecule has 1 saturated heterocycles. The first-order chi connectivity index (χ1) is 18.9. The quantitative estimate of drug-likeness (QED) is 0.264. The second-order valence-corrected chi connectivity index (χ2v) is 11.6. The summed E-state index contributed by atoms with van der Waals surface area (Å²) in [5, 5.41) is 4.27. The van der Waals surface area contributed by atoms with Crippen LogP contribution in [0.1, 0.15) is 25.5 Å².